The Bertz CT molecular complexity index is 943. The summed E-state index contributed by atoms with van der Waals surface area (Å²) >= 11 is 6.78. The van der Waals surface area contributed by atoms with Gasteiger partial charge in [0.05, 0.1) is 16.0 Å². The maximum absolute atomic E-state index is 12.3. The predicted molar refractivity (Wildman–Crippen MR) is 116 cm³/mol. The second-order valence-electron chi connectivity index (χ2n) is 6.91. The lowest BCUT2D eigenvalue weighted by molar-refractivity contribution is -0.116. The van der Waals surface area contributed by atoms with Crippen LogP contribution in [0.3, 0.4) is 0 Å². The van der Waals surface area contributed by atoms with Gasteiger partial charge in [0.15, 0.2) is 0 Å². The molecule has 1 N–H and O–H groups in total. The van der Waals surface area contributed by atoms with Crippen molar-refractivity contribution in [1.29, 1.82) is 5.26 Å². The van der Waals surface area contributed by atoms with Crippen LogP contribution in [0.4, 0.5) is 5.00 Å². The van der Waals surface area contributed by atoms with Crippen LogP contribution in [0, 0.1) is 15.2 Å². The number of carbonyl (C=O) groups is 1. The molecule has 3 rings (SSSR count). The smallest absolute Gasteiger partial charge is 0.225 e. The summed E-state index contributed by atoms with van der Waals surface area (Å²) in [5.74, 6) is 0.714. The van der Waals surface area contributed by atoms with Crippen molar-refractivity contribution in [3.05, 3.63) is 50.3 Å². The van der Waals surface area contributed by atoms with Crippen molar-refractivity contribution < 1.29 is 9.53 Å². The van der Waals surface area contributed by atoms with Crippen LogP contribution in [0.25, 0.3) is 0 Å². The number of anilines is 1. The molecule has 1 amide bonds. The van der Waals surface area contributed by atoms with Crippen LogP contribution in [0.5, 0.6) is 5.75 Å². The van der Waals surface area contributed by atoms with Crippen LogP contribution in [-0.2, 0) is 24.1 Å². The molecule has 0 atom stereocenters. The third kappa shape index (κ3) is 4.98. The lowest BCUT2D eigenvalue weighted by Gasteiger charge is -2.10. The Balaban J connectivity index is 1.51. The number of benzene rings is 1. The van der Waals surface area contributed by atoms with Gasteiger partial charge in [-0.3, -0.25) is 4.79 Å². The average Bonchev–Trinajstić information content (AvgIpc) is 3.17. The largest absolute Gasteiger partial charge is 0.494 e. The van der Waals surface area contributed by atoms with Gasteiger partial charge in [0.1, 0.15) is 16.8 Å². The predicted octanol–water partition coefficient (Wildman–Crippen LogP) is 5.59. The molecule has 0 saturated carbocycles. The first-order valence-electron chi connectivity index (χ1n) is 9.73. The number of amides is 1. The Morgan fingerprint density at radius 1 is 1.29 bits per heavy atom. The molecule has 1 heterocycles. The monoisotopic (exact) mass is 412 g/mol. The van der Waals surface area contributed by atoms with Gasteiger partial charge in [-0.2, -0.15) is 5.26 Å². The molecular weight excluding hydrogens is 388 g/mol. The Labute approximate surface area is 175 Å². The number of hydrogen-bond donors (Lipinski definition) is 1. The van der Waals surface area contributed by atoms with Crippen molar-refractivity contribution in [1.82, 2.24) is 0 Å². The maximum Gasteiger partial charge on any atom is 0.225 e. The van der Waals surface area contributed by atoms with Gasteiger partial charge in [-0.05, 0) is 60.9 Å². The van der Waals surface area contributed by atoms with E-state index in [0.717, 1.165) is 52.8 Å². The van der Waals surface area contributed by atoms with E-state index in [0.29, 0.717) is 30.0 Å². The van der Waals surface area contributed by atoms with Gasteiger partial charge in [0.25, 0.3) is 0 Å². The van der Waals surface area contributed by atoms with Crippen molar-refractivity contribution in [3.8, 4) is 11.8 Å². The fourth-order valence-electron chi connectivity index (χ4n) is 3.45. The normalized spacial score (nSPS) is 12.3. The first-order valence-corrected chi connectivity index (χ1v) is 11.0. The minimum Gasteiger partial charge on any atom is -0.494 e. The summed E-state index contributed by atoms with van der Waals surface area (Å²) in [6.45, 7) is 2.64. The van der Waals surface area contributed by atoms with E-state index in [1.54, 1.807) is 0 Å². The number of carbonyl (C=O) groups excluding carboxylic acids is 1. The molecule has 0 aliphatic heterocycles. The highest BCUT2D eigenvalue weighted by Gasteiger charge is 2.21. The molecule has 28 heavy (non-hydrogen) atoms. The van der Waals surface area contributed by atoms with E-state index in [9.17, 15) is 10.1 Å². The molecule has 2 aromatic rings. The van der Waals surface area contributed by atoms with E-state index in [1.165, 1.54) is 16.9 Å². The molecule has 0 bridgehead atoms. The maximum atomic E-state index is 12.3. The fourth-order valence-corrected chi connectivity index (χ4v) is 4.89. The summed E-state index contributed by atoms with van der Waals surface area (Å²) in [7, 11) is 0. The van der Waals surface area contributed by atoms with E-state index in [2.05, 4.69) is 30.4 Å². The van der Waals surface area contributed by atoms with Gasteiger partial charge in [-0.25, -0.2) is 0 Å². The summed E-state index contributed by atoms with van der Waals surface area (Å²) in [6.07, 6.45) is 5.97. The number of ether oxygens (including phenoxy) is 1. The van der Waals surface area contributed by atoms with E-state index >= 15 is 0 Å². The number of rotatable bonds is 8. The number of nitrogens with zero attached hydrogens (tertiary/aromatic N) is 1. The fraction of sp³-hybridized carbons (Fsp3) is 0.409. The molecule has 1 aromatic heterocycles. The van der Waals surface area contributed by atoms with Gasteiger partial charge in [0, 0.05) is 6.42 Å². The molecule has 1 aromatic carbocycles. The van der Waals surface area contributed by atoms with Crippen LogP contribution in [0.15, 0.2) is 24.3 Å². The van der Waals surface area contributed by atoms with E-state index in [-0.39, 0.29) is 5.91 Å². The topological polar surface area (TPSA) is 62.1 Å². The molecule has 0 radical (unpaired) electrons. The SMILES string of the molecule is CCCc1ccc(OCCCC(=O)Nc2sc(=S)c3c(c2C#N)CCC3)cc1. The first-order chi connectivity index (χ1) is 13.6. The zero-order valence-electron chi connectivity index (χ0n) is 16.0. The van der Waals surface area contributed by atoms with Crippen molar-refractivity contribution in [3.63, 3.8) is 0 Å². The molecule has 1 aliphatic rings. The third-order valence-corrected chi connectivity index (χ3v) is 6.27. The molecule has 0 unspecified atom stereocenters. The summed E-state index contributed by atoms with van der Waals surface area (Å²) in [6, 6.07) is 10.4. The van der Waals surface area contributed by atoms with Crippen LogP contribution < -0.4 is 10.1 Å². The van der Waals surface area contributed by atoms with E-state index in [4.69, 9.17) is 17.0 Å². The van der Waals surface area contributed by atoms with Crippen LogP contribution in [0.1, 0.15) is 54.9 Å². The molecule has 4 nitrogen and oxygen atoms in total. The lowest BCUT2D eigenvalue weighted by Crippen LogP contribution is -2.14. The van der Waals surface area contributed by atoms with Gasteiger partial charge >= 0.3 is 0 Å². The highest BCUT2D eigenvalue weighted by molar-refractivity contribution is 7.73. The lowest BCUT2D eigenvalue weighted by atomic mass is 10.1. The second kappa shape index (κ2) is 9.81. The zero-order valence-corrected chi connectivity index (χ0v) is 17.7. The Kier molecular flexibility index (Phi) is 7.18. The number of nitriles is 1. The van der Waals surface area contributed by atoms with Crippen molar-refractivity contribution >= 4 is 34.5 Å². The van der Waals surface area contributed by atoms with Gasteiger partial charge in [-0.1, -0.05) is 37.7 Å². The minimum atomic E-state index is -0.109. The quantitative estimate of drug-likeness (QED) is 0.454. The molecular formula is C22H24N2O2S2. The van der Waals surface area contributed by atoms with Gasteiger partial charge < -0.3 is 10.1 Å². The summed E-state index contributed by atoms with van der Waals surface area (Å²) in [4.78, 5) is 12.3. The molecule has 6 heteroatoms. The van der Waals surface area contributed by atoms with Crippen LogP contribution in [-0.4, -0.2) is 12.5 Å². The van der Waals surface area contributed by atoms with Crippen LogP contribution in [0.2, 0.25) is 0 Å². The highest BCUT2D eigenvalue weighted by Crippen LogP contribution is 2.35. The number of fused-ring (bicyclic) bond motifs is 1. The molecule has 0 spiro atoms. The molecule has 0 fully saturated rings. The van der Waals surface area contributed by atoms with Gasteiger partial charge in [-0.15, -0.1) is 11.3 Å². The van der Waals surface area contributed by atoms with Crippen molar-refractivity contribution in [2.24, 2.45) is 0 Å². The zero-order chi connectivity index (χ0) is 19.9. The van der Waals surface area contributed by atoms with Gasteiger partial charge in [0.2, 0.25) is 5.91 Å². The van der Waals surface area contributed by atoms with E-state index in [1.807, 2.05) is 12.1 Å². The van der Waals surface area contributed by atoms with E-state index < -0.39 is 0 Å². The molecule has 146 valence electrons. The average molecular weight is 413 g/mol. The molecule has 0 saturated heterocycles. The number of hydrogen-bond acceptors (Lipinski definition) is 5. The number of aryl methyl sites for hydroxylation is 1. The van der Waals surface area contributed by atoms with Crippen molar-refractivity contribution in [2.75, 3.05) is 11.9 Å². The third-order valence-electron chi connectivity index (χ3n) is 4.83. The number of nitrogens with one attached hydrogen (secondary N) is 1. The Morgan fingerprint density at radius 2 is 2.04 bits per heavy atom. The summed E-state index contributed by atoms with van der Waals surface area (Å²) in [5.41, 5.74) is 4.03. The first kappa shape index (κ1) is 20.5. The highest BCUT2D eigenvalue weighted by atomic mass is 32.1. The standard InChI is InChI=1S/C22H24N2O2S2/c1-2-5-15-9-11-16(12-10-15)26-13-4-8-20(25)24-21-19(14-23)17-6-3-7-18(17)22(27)28-21/h9-12H,2-8,13H2,1H3,(H,24,25). The Hall–Kier alpha value is -2.23. The minimum absolute atomic E-state index is 0.109. The molecule has 1 aliphatic carbocycles. The second-order valence-corrected chi connectivity index (χ2v) is 8.60. The van der Waals surface area contributed by atoms with Crippen LogP contribution >= 0.6 is 23.6 Å². The van der Waals surface area contributed by atoms with Crippen molar-refractivity contribution in [2.45, 2.75) is 51.9 Å². The summed E-state index contributed by atoms with van der Waals surface area (Å²) < 4.78 is 6.51. The summed E-state index contributed by atoms with van der Waals surface area (Å²) in [5, 5.41) is 13.0. The Morgan fingerprint density at radius 3 is 2.75 bits per heavy atom.